The molecule has 6 heteroatoms. The number of hydrogen-bond acceptors (Lipinski definition) is 4. The Morgan fingerprint density at radius 3 is 2.89 bits per heavy atom. The molecule has 2 N–H and O–H groups in total. The average molecular weight is 266 g/mol. The summed E-state index contributed by atoms with van der Waals surface area (Å²) in [5.74, 6) is -1.28. The fourth-order valence-corrected chi connectivity index (χ4v) is 2.11. The Kier molecular flexibility index (Phi) is 3.80. The molecule has 1 fully saturated rings. The molecule has 0 aromatic heterocycles. The Hall–Kier alpha value is -1.95. The van der Waals surface area contributed by atoms with E-state index in [9.17, 15) is 19.1 Å². The van der Waals surface area contributed by atoms with E-state index >= 15 is 0 Å². The van der Waals surface area contributed by atoms with E-state index in [4.69, 9.17) is 0 Å². The quantitative estimate of drug-likeness (QED) is 0.789. The fourth-order valence-electron chi connectivity index (χ4n) is 2.11. The Morgan fingerprint density at radius 2 is 2.26 bits per heavy atom. The molecule has 0 aliphatic carbocycles. The Bertz CT molecular complexity index is 531. The highest BCUT2D eigenvalue weighted by Gasteiger charge is 2.20. The molecule has 1 aromatic carbocycles. The van der Waals surface area contributed by atoms with Crippen LogP contribution < -0.4 is 5.32 Å². The number of amides is 1. The third-order valence-corrected chi connectivity index (χ3v) is 3.04. The highest BCUT2D eigenvalue weighted by Crippen LogP contribution is 2.26. The van der Waals surface area contributed by atoms with E-state index < -0.39 is 11.6 Å². The van der Waals surface area contributed by atoms with Crippen LogP contribution in [0.15, 0.2) is 12.1 Å². The van der Waals surface area contributed by atoms with E-state index in [2.05, 4.69) is 5.32 Å². The molecule has 19 heavy (non-hydrogen) atoms. The zero-order valence-electron chi connectivity index (χ0n) is 10.6. The number of nitrogens with one attached hydrogen (secondary N) is 1. The summed E-state index contributed by atoms with van der Waals surface area (Å²) in [5, 5.41) is 12.6. The van der Waals surface area contributed by atoms with Crippen molar-refractivity contribution in [1.29, 1.82) is 0 Å². The third kappa shape index (κ3) is 3.08. The summed E-state index contributed by atoms with van der Waals surface area (Å²) in [6.45, 7) is 2.85. The van der Waals surface area contributed by atoms with E-state index in [1.807, 2.05) is 0 Å². The number of rotatable bonds is 3. The molecule has 0 radical (unpaired) electrons. The average Bonchev–Trinajstić information content (AvgIpc) is 2.33. The predicted molar refractivity (Wildman–Crippen MR) is 66.4 cm³/mol. The molecule has 0 spiro atoms. The first-order valence-corrected chi connectivity index (χ1v) is 5.98. The summed E-state index contributed by atoms with van der Waals surface area (Å²) in [6, 6.07) is 2.21. The van der Waals surface area contributed by atoms with Gasteiger partial charge in [0.05, 0.1) is 12.1 Å². The molecule has 1 heterocycles. The summed E-state index contributed by atoms with van der Waals surface area (Å²) in [7, 11) is 0. The largest absolute Gasteiger partial charge is 0.507 e. The molecule has 0 saturated carbocycles. The van der Waals surface area contributed by atoms with E-state index in [1.165, 1.54) is 13.0 Å². The number of aromatic hydroxyl groups is 1. The molecular weight excluding hydrogens is 251 g/mol. The van der Waals surface area contributed by atoms with Gasteiger partial charge in [0.2, 0.25) is 5.91 Å². The van der Waals surface area contributed by atoms with Crippen molar-refractivity contribution in [2.24, 2.45) is 0 Å². The Morgan fingerprint density at radius 1 is 1.53 bits per heavy atom. The maximum atomic E-state index is 13.4. The van der Waals surface area contributed by atoms with Crippen LogP contribution in [-0.4, -0.2) is 41.3 Å². The molecule has 2 rings (SSSR count). The van der Waals surface area contributed by atoms with Gasteiger partial charge in [0.15, 0.2) is 5.78 Å². The number of piperazine rings is 1. The van der Waals surface area contributed by atoms with Crippen LogP contribution >= 0.6 is 0 Å². The van der Waals surface area contributed by atoms with Crippen LogP contribution in [0.2, 0.25) is 0 Å². The molecule has 0 atom stereocenters. The summed E-state index contributed by atoms with van der Waals surface area (Å²) in [5.41, 5.74) is 0.288. The maximum Gasteiger partial charge on any atom is 0.234 e. The minimum atomic E-state index is -0.570. The molecule has 0 unspecified atom stereocenters. The van der Waals surface area contributed by atoms with Crippen LogP contribution in [0.5, 0.6) is 5.75 Å². The first kappa shape index (κ1) is 13.5. The number of phenolic OH excluding ortho intramolecular Hbond substituents is 1. The smallest absolute Gasteiger partial charge is 0.234 e. The molecule has 1 aliphatic rings. The predicted octanol–water partition coefficient (Wildman–Crippen LogP) is 0.666. The second kappa shape index (κ2) is 5.36. The van der Waals surface area contributed by atoms with Gasteiger partial charge < -0.3 is 10.4 Å². The van der Waals surface area contributed by atoms with Crippen LogP contribution in [0.25, 0.3) is 0 Å². The van der Waals surface area contributed by atoms with Gasteiger partial charge in [0.25, 0.3) is 0 Å². The summed E-state index contributed by atoms with van der Waals surface area (Å²) < 4.78 is 13.4. The number of ketones is 1. The van der Waals surface area contributed by atoms with E-state index in [0.717, 1.165) is 6.07 Å². The van der Waals surface area contributed by atoms with Crippen LogP contribution in [0.4, 0.5) is 4.39 Å². The second-order valence-corrected chi connectivity index (χ2v) is 4.58. The van der Waals surface area contributed by atoms with Gasteiger partial charge in [-0.25, -0.2) is 4.39 Å². The van der Waals surface area contributed by atoms with Crippen molar-refractivity contribution in [3.63, 3.8) is 0 Å². The fraction of sp³-hybridized carbons (Fsp3) is 0.385. The van der Waals surface area contributed by atoms with E-state index in [0.29, 0.717) is 18.7 Å². The maximum absolute atomic E-state index is 13.4. The number of benzene rings is 1. The SMILES string of the molecule is CC(=O)c1cc(F)cc(CN2CCNC(=O)C2)c1O. The van der Waals surface area contributed by atoms with Crippen molar-refractivity contribution in [1.82, 2.24) is 10.2 Å². The van der Waals surface area contributed by atoms with Crippen molar-refractivity contribution in [3.8, 4) is 5.75 Å². The molecular formula is C13H15FN2O3. The first-order valence-electron chi connectivity index (χ1n) is 5.98. The van der Waals surface area contributed by atoms with Crippen LogP contribution in [0, 0.1) is 5.82 Å². The number of phenols is 1. The van der Waals surface area contributed by atoms with Crippen molar-refractivity contribution in [2.75, 3.05) is 19.6 Å². The topological polar surface area (TPSA) is 69.6 Å². The van der Waals surface area contributed by atoms with Gasteiger partial charge in [-0.3, -0.25) is 14.5 Å². The Labute approximate surface area is 110 Å². The lowest BCUT2D eigenvalue weighted by Gasteiger charge is -2.26. The lowest BCUT2D eigenvalue weighted by Crippen LogP contribution is -2.47. The van der Waals surface area contributed by atoms with Gasteiger partial charge in [0, 0.05) is 25.2 Å². The number of hydrogen-bond donors (Lipinski definition) is 2. The van der Waals surface area contributed by atoms with Gasteiger partial charge >= 0.3 is 0 Å². The number of halogens is 1. The normalized spacial score (nSPS) is 16.2. The van der Waals surface area contributed by atoms with Crippen LogP contribution in [-0.2, 0) is 11.3 Å². The minimum absolute atomic E-state index is 0.0311. The molecule has 1 amide bonds. The van der Waals surface area contributed by atoms with Crippen molar-refractivity contribution in [3.05, 3.63) is 29.1 Å². The molecule has 5 nitrogen and oxygen atoms in total. The molecule has 1 saturated heterocycles. The van der Waals surface area contributed by atoms with Crippen molar-refractivity contribution >= 4 is 11.7 Å². The standard InChI is InChI=1S/C13H15FN2O3/c1-8(17)11-5-10(14)4-9(13(11)19)6-16-3-2-15-12(18)7-16/h4-5,19H,2-3,6-7H2,1H3,(H,15,18). The van der Waals surface area contributed by atoms with Crippen LogP contribution in [0.3, 0.4) is 0 Å². The molecule has 102 valence electrons. The first-order chi connectivity index (χ1) is 8.97. The summed E-state index contributed by atoms with van der Waals surface area (Å²) >= 11 is 0. The van der Waals surface area contributed by atoms with Crippen molar-refractivity contribution in [2.45, 2.75) is 13.5 Å². The lowest BCUT2D eigenvalue weighted by molar-refractivity contribution is -0.124. The van der Waals surface area contributed by atoms with E-state index in [-0.39, 0.29) is 30.3 Å². The number of carbonyl (C=O) groups is 2. The summed E-state index contributed by atoms with van der Waals surface area (Å²) in [4.78, 5) is 24.3. The molecule has 1 aliphatic heterocycles. The molecule has 0 bridgehead atoms. The van der Waals surface area contributed by atoms with Gasteiger partial charge in [-0.05, 0) is 19.1 Å². The number of carbonyl (C=O) groups excluding carboxylic acids is 2. The highest BCUT2D eigenvalue weighted by atomic mass is 19.1. The van der Waals surface area contributed by atoms with Gasteiger partial charge in [-0.1, -0.05) is 0 Å². The molecule has 1 aromatic rings. The zero-order chi connectivity index (χ0) is 14.0. The van der Waals surface area contributed by atoms with Crippen molar-refractivity contribution < 1.29 is 19.1 Å². The van der Waals surface area contributed by atoms with Gasteiger partial charge in [0.1, 0.15) is 11.6 Å². The lowest BCUT2D eigenvalue weighted by atomic mass is 10.0. The van der Waals surface area contributed by atoms with Gasteiger partial charge in [-0.15, -0.1) is 0 Å². The summed E-state index contributed by atoms with van der Waals surface area (Å²) in [6.07, 6.45) is 0. The number of nitrogens with zero attached hydrogens (tertiary/aromatic N) is 1. The zero-order valence-corrected chi connectivity index (χ0v) is 10.6. The Balaban J connectivity index is 2.24. The van der Waals surface area contributed by atoms with Gasteiger partial charge in [-0.2, -0.15) is 0 Å². The monoisotopic (exact) mass is 266 g/mol. The van der Waals surface area contributed by atoms with E-state index in [1.54, 1.807) is 4.90 Å². The third-order valence-electron chi connectivity index (χ3n) is 3.04. The van der Waals surface area contributed by atoms with Crippen LogP contribution in [0.1, 0.15) is 22.8 Å². The highest BCUT2D eigenvalue weighted by molar-refractivity contribution is 5.97. The number of Topliss-reactive ketones (excluding diaryl/α,β-unsaturated/α-hetero) is 1. The second-order valence-electron chi connectivity index (χ2n) is 4.58. The minimum Gasteiger partial charge on any atom is -0.507 e.